The van der Waals surface area contributed by atoms with Gasteiger partial charge < -0.3 is 5.11 Å². The number of carboxylic acids is 1. The van der Waals surface area contributed by atoms with Crippen molar-refractivity contribution in [3.8, 4) is 0 Å². The third-order valence-electron chi connectivity index (χ3n) is 0.620. The highest BCUT2D eigenvalue weighted by atomic mass is 19.3. The molecule has 0 aliphatic rings. The zero-order valence-corrected chi connectivity index (χ0v) is 4.60. The second kappa shape index (κ2) is 4.78. The summed E-state index contributed by atoms with van der Waals surface area (Å²) in [5.41, 5.74) is -1.48. The maximum Gasteiger partial charge on any atom is 0.339 e. The van der Waals surface area contributed by atoms with Crippen LogP contribution in [0.4, 0.5) is 17.9 Å². The van der Waals surface area contributed by atoms with Gasteiger partial charge in [0.05, 0.1) is 0 Å². The predicted octanol–water partition coefficient (Wildman–Crippen LogP) is 1.34. The summed E-state index contributed by atoms with van der Waals surface area (Å²) in [7, 11) is 0. The fraction of sp³-hybridized carbons (Fsp3) is 0.250. The topological polar surface area (TPSA) is 37.3 Å². The van der Waals surface area contributed by atoms with Crippen LogP contribution in [-0.2, 0) is 4.79 Å². The number of aliphatic carboxylic acids is 1. The number of halogens is 4. The Labute approximate surface area is 53.3 Å². The molecule has 0 bridgehead atoms. The van der Waals surface area contributed by atoms with Crippen LogP contribution in [0.25, 0.3) is 0 Å². The van der Waals surface area contributed by atoms with Crippen LogP contribution in [0.5, 0.6) is 0 Å². The number of rotatable bonds is 2. The van der Waals surface area contributed by atoms with Crippen molar-refractivity contribution in [2.24, 2.45) is 0 Å². The Morgan fingerprint density at radius 2 is 1.80 bits per heavy atom. The molecular formula is C4H4F4O2. The van der Waals surface area contributed by atoms with Crippen molar-refractivity contribution in [1.82, 2.24) is 0 Å². The number of alkyl halides is 1. The summed E-state index contributed by atoms with van der Waals surface area (Å²) in [6, 6.07) is 0. The van der Waals surface area contributed by atoms with E-state index in [0.29, 0.717) is 0 Å². The number of hydrogen-bond acceptors (Lipinski definition) is 1. The van der Waals surface area contributed by atoms with Gasteiger partial charge in [-0.25, -0.2) is 9.18 Å². The first-order chi connectivity index (χ1) is 4.09. The summed E-state index contributed by atoms with van der Waals surface area (Å²) in [5, 5.41) is 7.77. The molecule has 0 saturated heterocycles. The summed E-state index contributed by atoms with van der Waals surface area (Å²) < 4.78 is 33.7. The van der Waals surface area contributed by atoms with E-state index in [4.69, 9.17) is 5.11 Å². The highest BCUT2D eigenvalue weighted by Crippen LogP contribution is 2.07. The van der Waals surface area contributed by atoms with Gasteiger partial charge in [-0.1, -0.05) is 0 Å². The van der Waals surface area contributed by atoms with E-state index in [1.807, 2.05) is 0 Å². The van der Waals surface area contributed by atoms with Gasteiger partial charge in [-0.3, -0.25) is 4.70 Å². The van der Waals surface area contributed by atoms with Crippen molar-refractivity contribution in [3.63, 3.8) is 0 Å². The third-order valence-corrected chi connectivity index (χ3v) is 0.620. The molecule has 0 unspecified atom stereocenters. The molecule has 0 aliphatic heterocycles. The van der Waals surface area contributed by atoms with E-state index in [0.717, 1.165) is 0 Å². The van der Waals surface area contributed by atoms with Crippen LogP contribution >= 0.6 is 0 Å². The molecule has 6 heteroatoms. The molecule has 2 nitrogen and oxygen atoms in total. The van der Waals surface area contributed by atoms with Gasteiger partial charge in [0.15, 0.2) is 0 Å². The van der Waals surface area contributed by atoms with Crippen LogP contribution in [0.1, 0.15) is 0 Å². The maximum absolute atomic E-state index is 11.2. The Morgan fingerprint density at radius 1 is 1.40 bits per heavy atom. The minimum atomic E-state index is -2.48. The van der Waals surface area contributed by atoms with E-state index < -0.39 is 24.3 Å². The predicted molar refractivity (Wildman–Crippen MR) is 25.4 cm³/mol. The van der Waals surface area contributed by atoms with E-state index in [2.05, 4.69) is 0 Å². The summed E-state index contributed by atoms with van der Waals surface area (Å²) in [5.74, 6) is -1.92. The second-order valence-electron chi connectivity index (χ2n) is 1.18. The van der Waals surface area contributed by atoms with Gasteiger partial charge in [0.25, 0.3) is 6.08 Å². The van der Waals surface area contributed by atoms with E-state index in [-0.39, 0.29) is 4.70 Å². The highest BCUT2D eigenvalue weighted by molar-refractivity contribution is 5.86. The molecule has 0 aromatic carbocycles. The van der Waals surface area contributed by atoms with Crippen molar-refractivity contribution in [2.75, 3.05) is 6.67 Å². The van der Waals surface area contributed by atoms with E-state index in [1.54, 1.807) is 0 Å². The maximum atomic E-state index is 11.2. The molecule has 1 N–H and O–H groups in total. The smallest absolute Gasteiger partial charge is 0.339 e. The highest BCUT2D eigenvalue weighted by Gasteiger charge is 2.13. The largest absolute Gasteiger partial charge is 0.478 e. The zero-order chi connectivity index (χ0) is 7.44. The monoisotopic (exact) mass is 160 g/mol. The van der Waals surface area contributed by atoms with Crippen LogP contribution in [-0.4, -0.2) is 17.8 Å². The first kappa shape index (κ1) is 11.7. The van der Waals surface area contributed by atoms with Crippen molar-refractivity contribution in [2.45, 2.75) is 0 Å². The van der Waals surface area contributed by atoms with Crippen LogP contribution < -0.4 is 0 Å². The Kier molecular flexibility index (Phi) is 5.58. The summed E-state index contributed by atoms with van der Waals surface area (Å²) >= 11 is 0. The van der Waals surface area contributed by atoms with Gasteiger partial charge in [-0.15, -0.1) is 0 Å². The van der Waals surface area contributed by atoms with Crippen LogP contribution in [0.2, 0.25) is 0 Å². The number of carbonyl (C=O) groups is 1. The van der Waals surface area contributed by atoms with E-state index in [9.17, 15) is 18.0 Å². The van der Waals surface area contributed by atoms with Crippen molar-refractivity contribution in [3.05, 3.63) is 11.7 Å². The molecule has 0 rings (SSSR count). The average molecular weight is 160 g/mol. The SMILES string of the molecule is F.O=C(O)C(CF)=C(F)F. The van der Waals surface area contributed by atoms with Gasteiger partial charge in [-0.2, -0.15) is 8.78 Å². The van der Waals surface area contributed by atoms with Gasteiger partial charge in [0, 0.05) is 0 Å². The van der Waals surface area contributed by atoms with E-state index >= 15 is 0 Å². The second-order valence-corrected chi connectivity index (χ2v) is 1.18. The van der Waals surface area contributed by atoms with Gasteiger partial charge in [-0.05, 0) is 0 Å². The standard InChI is InChI=1S/C4H3F3O2.FH/c5-1-2(3(6)7)4(8)9;/h1H2,(H,8,9);1H. The Hall–Kier alpha value is -1.07. The lowest BCUT2D eigenvalue weighted by atomic mass is 10.3. The first-order valence-electron chi connectivity index (χ1n) is 1.93. The van der Waals surface area contributed by atoms with Crippen molar-refractivity contribution in [1.29, 1.82) is 0 Å². The lowest BCUT2D eigenvalue weighted by molar-refractivity contribution is -0.133. The molecule has 0 atom stereocenters. The first-order valence-corrected chi connectivity index (χ1v) is 1.93. The van der Waals surface area contributed by atoms with Gasteiger partial charge in [0.2, 0.25) is 0 Å². The number of carboxylic acid groups (broad SMARTS) is 1. The summed E-state index contributed by atoms with van der Waals surface area (Å²) in [4.78, 5) is 9.59. The molecule has 0 spiro atoms. The van der Waals surface area contributed by atoms with Crippen LogP contribution in [0.3, 0.4) is 0 Å². The Bertz CT molecular complexity index is 149. The fourth-order valence-corrected chi connectivity index (χ4v) is 0.188. The summed E-state index contributed by atoms with van der Waals surface area (Å²) in [6.45, 7) is -1.64. The minimum absolute atomic E-state index is 0. The molecule has 0 aliphatic carbocycles. The van der Waals surface area contributed by atoms with Gasteiger partial charge in [0.1, 0.15) is 12.2 Å². The molecule has 0 saturated carbocycles. The number of hydrogen-bond donors (Lipinski definition) is 1. The van der Waals surface area contributed by atoms with Crippen LogP contribution in [0, 0.1) is 0 Å². The lowest BCUT2D eigenvalue weighted by Gasteiger charge is -1.89. The zero-order valence-electron chi connectivity index (χ0n) is 4.60. The normalized spacial score (nSPS) is 7.90. The van der Waals surface area contributed by atoms with Crippen LogP contribution in [0.15, 0.2) is 11.7 Å². The lowest BCUT2D eigenvalue weighted by Crippen LogP contribution is -2.02. The molecular weight excluding hydrogens is 156 g/mol. The average Bonchev–Trinajstić information content (AvgIpc) is 1.64. The molecule has 0 aromatic rings. The molecule has 60 valence electrons. The molecule has 0 aromatic heterocycles. The van der Waals surface area contributed by atoms with Crippen molar-refractivity contribution < 1.29 is 27.8 Å². The molecule has 10 heavy (non-hydrogen) atoms. The Balaban J connectivity index is 0. The van der Waals surface area contributed by atoms with Crippen molar-refractivity contribution >= 4 is 5.97 Å². The molecule has 0 radical (unpaired) electrons. The third kappa shape index (κ3) is 3.06. The molecule has 0 fully saturated rings. The summed E-state index contributed by atoms with van der Waals surface area (Å²) in [6.07, 6.45) is -2.48. The minimum Gasteiger partial charge on any atom is -0.478 e. The van der Waals surface area contributed by atoms with E-state index in [1.165, 1.54) is 0 Å². The Morgan fingerprint density at radius 3 is 1.80 bits per heavy atom. The molecule has 0 heterocycles. The molecule has 0 amide bonds. The quantitative estimate of drug-likeness (QED) is 0.488. The fourth-order valence-electron chi connectivity index (χ4n) is 0.188. The van der Waals surface area contributed by atoms with Gasteiger partial charge >= 0.3 is 5.97 Å².